The Labute approximate surface area is 191 Å². The molecule has 0 spiro atoms. The fourth-order valence-electron chi connectivity index (χ4n) is 4.08. The SMILES string of the molecule is Cc1ccc(Cn2cnc3c2c(=O)n(CCc2ccccc2)c(=O)n3-c2ccccc2)cc1. The average Bonchev–Trinajstić information content (AvgIpc) is 3.25. The van der Waals surface area contributed by atoms with Crippen LogP contribution in [-0.2, 0) is 19.5 Å². The maximum absolute atomic E-state index is 13.6. The van der Waals surface area contributed by atoms with Gasteiger partial charge in [-0.3, -0.25) is 9.36 Å². The van der Waals surface area contributed by atoms with Gasteiger partial charge in [0.1, 0.15) is 0 Å². The number of aromatic nitrogens is 4. The second kappa shape index (κ2) is 8.74. The van der Waals surface area contributed by atoms with Gasteiger partial charge in [0, 0.05) is 13.1 Å². The average molecular weight is 437 g/mol. The zero-order chi connectivity index (χ0) is 22.8. The van der Waals surface area contributed by atoms with E-state index >= 15 is 0 Å². The van der Waals surface area contributed by atoms with E-state index in [0.717, 1.165) is 11.1 Å². The van der Waals surface area contributed by atoms with Crippen molar-refractivity contribution in [3.63, 3.8) is 0 Å². The monoisotopic (exact) mass is 436 g/mol. The highest BCUT2D eigenvalue weighted by Crippen LogP contribution is 2.15. The maximum Gasteiger partial charge on any atom is 0.337 e. The predicted octanol–water partition coefficient (Wildman–Crippen LogP) is 3.95. The Balaban J connectivity index is 1.67. The first-order valence-corrected chi connectivity index (χ1v) is 11.0. The molecule has 0 unspecified atom stereocenters. The van der Waals surface area contributed by atoms with Gasteiger partial charge in [0.2, 0.25) is 0 Å². The molecule has 2 heterocycles. The maximum atomic E-state index is 13.6. The van der Waals surface area contributed by atoms with Gasteiger partial charge in [0.25, 0.3) is 5.56 Å². The Morgan fingerprint density at radius 2 is 1.45 bits per heavy atom. The summed E-state index contributed by atoms with van der Waals surface area (Å²) >= 11 is 0. The van der Waals surface area contributed by atoms with E-state index in [0.29, 0.717) is 36.4 Å². The van der Waals surface area contributed by atoms with E-state index in [4.69, 9.17) is 0 Å². The topological polar surface area (TPSA) is 61.8 Å². The molecule has 0 saturated carbocycles. The van der Waals surface area contributed by atoms with Gasteiger partial charge >= 0.3 is 5.69 Å². The van der Waals surface area contributed by atoms with E-state index in [1.807, 2.05) is 96.4 Å². The first-order chi connectivity index (χ1) is 16.1. The summed E-state index contributed by atoms with van der Waals surface area (Å²) in [7, 11) is 0. The Bertz CT molecular complexity index is 1510. The van der Waals surface area contributed by atoms with E-state index in [9.17, 15) is 9.59 Å². The third-order valence-electron chi connectivity index (χ3n) is 5.85. The van der Waals surface area contributed by atoms with Crippen molar-refractivity contribution in [3.05, 3.63) is 129 Å². The zero-order valence-electron chi connectivity index (χ0n) is 18.4. The van der Waals surface area contributed by atoms with Crippen LogP contribution in [0.2, 0.25) is 0 Å². The van der Waals surface area contributed by atoms with Crippen LogP contribution in [0.15, 0.2) is 101 Å². The lowest BCUT2D eigenvalue weighted by Crippen LogP contribution is -2.40. The van der Waals surface area contributed by atoms with Crippen LogP contribution in [0.3, 0.4) is 0 Å². The van der Waals surface area contributed by atoms with Crippen LogP contribution >= 0.6 is 0 Å². The molecule has 0 radical (unpaired) electrons. The molecule has 2 aromatic heterocycles. The fraction of sp³-hybridized carbons (Fsp3) is 0.148. The van der Waals surface area contributed by atoms with Crippen molar-refractivity contribution < 1.29 is 0 Å². The summed E-state index contributed by atoms with van der Waals surface area (Å²) in [6.45, 7) is 2.83. The van der Waals surface area contributed by atoms with E-state index in [-0.39, 0.29) is 11.2 Å². The number of nitrogens with zero attached hydrogens (tertiary/aromatic N) is 4. The lowest BCUT2D eigenvalue weighted by Gasteiger charge is -2.13. The summed E-state index contributed by atoms with van der Waals surface area (Å²) in [6, 6.07) is 27.4. The van der Waals surface area contributed by atoms with Crippen LogP contribution < -0.4 is 11.2 Å². The molecule has 0 aliphatic rings. The molecule has 6 heteroatoms. The molecule has 0 saturated heterocycles. The second-order valence-electron chi connectivity index (χ2n) is 8.18. The van der Waals surface area contributed by atoms with Gasteiger partial charge < -0.3 is 4.57 Å². The highest BCUT2D eigenvalue weighted by atomic mass is 16.2. The van der Waals surface area contributed by atoms with Crippen molar-refractivity contribution in [2.24, 2.45) is 0 Å². The lowest BCUT2D eigenvalue weighted by atomic mass is 10.1. The highest BCUT2D eigenvalue weighted by Gasteiger charge is 2.19. The molecule has 0 atom stereocenters. The molecule has 0 fully saturated rings. The standard InChI is InChI=1S/C27H24N4O2/c1-20-12-14-22(15-13-20)18-29-19-28-25-24(29)26(32)30(17-16-21-8-4-2-5-9-21)27(33)31(25)23-10-6-3-7-11-23/h2-15,19H,16-18H2,1H3. The summed E-state index contributed by atoms with van der Waals surface area (Å²) < 4.78 is 4.70. The molecule has 5 aromatic rings. The highest BCUT2D eigenvalue weighted by molar-refractivity contribution is 5.72. The quantitative estimate of drug-likeness (QED) is 0.405. The minimum absolute atomic E-state index is 0.292. The van der Waals surface area contributed by atoms with Crippen LogP contribution in [0, 0.1) is 6.92 Å². The predicted molar refractivity (Wildman–Crippen MR) is 130 cm³/mol. The third kappa shape index (κ3) is 4.03. The van der Waals surface area contributed by atoms with Crippen molar-refractivity contribution in [1.82, 2.24) is 18.7 Å². The van der Waals surface area contributed by atoms with Crippen LogP contribution in [0.1, 0.15) is 16.7 Å². The Morgan fingerprint density at radius 3 is 2.15 bits per heavy atom. The van der Waals surface area contributed by atoms with Crippen molar-refractivity contribution in [2.75, 3.05) is 0 Å². The number of imidazole rings is 1. The minimum Gasteiger partial charge on any atom is -0.320 e. The summed E-state index contributed by atoms with van der Waals surface area (Å²) in [5.74, 6) is 0. The molecular weight excluding hydrogens is 412 g/mol. The van der Waals surface area contributed by atoms with Crippen LogP contribution in [0.25, 0.3) is 16.9 Å². The fourth-order valence-corrected chi connectivity index (χ4v) is 4.08. The van der Waals surface area contributed by atoms with Gasteiger partial charge in [0.15, 0.2) is 11.2 Å². The van der Waals surface area contributed by atoms with E-state index in [2.05, 4.69) is 4.98 Å². The first-order valence-electron chi connectivity index (χ1n) is 11.0. The number of aryl methyl sites for hydroxylation is 2. The van der Waals surface area contributed by atoms with Gasteiger partial charge in [-0.25, -0.2) is 14.3 Å². The van der Waals surface area contributed by atoms with Gasteiger partial charge in [-0.15, -0.1) is 0 Å². The van der Waals surface area contributed by atoms with Crippen LogP contribution in [0.4, 0.5) is 0 Å². The molecule has 0 N–H and O–H groups in total. The normalized spacial score (nSPS) is 11.2. The largest absolute Gasteiger partial charge is 0.337 e. The number of benzene rings is 3. The first kappa shape index (κ1) is 20.7. The smallest absolute Gasteiger partial charge is 0.320 e. The lowest BCUT2D eigenvalue weighted by molar-refractivity contribution is 0.615. The summed E-state index contributed by atoms with van der Waals surface area (Å²) in [6.07, 6.45) is 2.23. The van der Waals surface area contributed by atoms with Crippen molar-refractivity contribution >= 4 is 11.2 Å². The Hall–Kier alpha value is -4.19. The second-order valence-corrected chi connectivity index (χ2v) is 8.18. The molecule has 0 amide bonds. The Kier molecular flexibility index (Phi) is 5.48. The zero-order valence-corrected chi connectivity index (χ0v) is 18.4. The van der Waals surface area contributed by atoms with Gasteiger partial charge in [-0.2, -0.15) is 0 Å². The summed E-state index contributed by atoms with van der Waals surface area (Å²) in [4.78, 5) is 31.6. The van der Waals surface area contributed by atoms with Gasteiger partial charge in [0.05, 0.1) is 12.0 Å². The minimum atomic E-state index is -0.379. The number of rotatable bonds is 6. The van der Waals surface area contributed by atoms with E-state index in [1.54, 1.807) is 6.33 Å². The molecule has 5 rings (SSSR count). The molecular formula is C27H24N4O2. The van der Waals surface area contributed by atoms with Crippen LogP contribution in [0.5, 0.6) is 0 Å². The van der Waals surface area contributed by atoms with E-state index in [1.165, 1.54) is 14.7 Å². The molecule has 33 heavy (non-hydrogen) atoms. The number of hydrogen-bond acceptors (Lipinski definition) is 3. The van der Waals surface area contributed by atoms with E-state index < -0.39 is 0 Å². The summed E-state index contributed by atoms with van der Waals surface area (Å²) in [5, 5.41) is 0. The van der Waals surface area contributed by atoms with Crippen molar-refractivity contribution in [2.45, 2.75) is 26.4 Å². The molecule has 3 aromatic carbocycles. The molecule has 0 aliphatic heterocycles. The molecule has 6 nitrogen and oxygen atoms in total. The van der Waals surface area contributed by atoms with Gasteiger partial charge in [-0.1, -0.05) is 78.4 Å². The molecule has 0 bridgehead atoms. The molecule has 164 valence electrons. The number of para-hydroxylation sites is 1. The van der Waals surface area contributed by atoms with Crippen molar-refractivity contribution in [1.29, 1.82) is 0 Å². The molecule has 0 aliphatic carbocycles. The number of fused-ring (bicyclic) bond motifs is 1. The Morgan fingerprint density at radius 1 is 0.788 bits per heavy atom. The summed E-state index contributed by atoms with van der Waals surface area (Å²) in [5.41, 5.74) is 4.09. The van der Waals surface area contributed by atoms with Crippen LogP contribution in [-0.4, -0.2) is 18.7 Å². The van der Waals surface area contributed by atoms with Gasteiger partial charge in [-0.05, 0) is 36.6 Å². The number of hydrogen-bond donors (Lipinski definition) is 0. The van der Waals surface area contributed by atoms with Crippen molar-refractivity contribution in [3.8, 4) is 5.69 Å². The third-order valence-corrected chi connectivity index (χ3v) is 5.85.